The van der Waals surface area contributed by atoms with Crippen LogP contribution in [0.2, 0.25) is 0 Å². The molecule has 1 aromatic rings. The zero-order valence-electron chi connectivity index (χ0n) is 13.2. The van der Waals surface area contributed by atoms with E-state index in [4.69, 9.17) is 24.2 Å². The van der Waals surface area contributed by atoms with E-state index >= 15 is 0 Å². The number of aromatic amines is 1. The van der Waals surface area contributed by atoms with Crippen molar-refractivity contribution in [1.82, 2.24) is 9.55 Å². The second-order valence-electron chi connectivity index (χ2n) is 5.14. The van der Waals surface area contributed by atoms with Gasteiger partial charge in [0.15, 0.2) is 6.23 Å². The lowest BCUT2D eigenvalue weighted by molar-refractivity contribution is -0.175. The largest absolute Gasteiger partial charge is 0.394 e. The Morgan fingerprint density at radius 1 is 1.36 bits per heavy atom. The SMILES string of the molecule is N#CCCOCOCOC1C(O)[C@H](CO)O[C@@H]1n1ccc(=O)[nH]c1=O. The Morgan fingerprint density at radius 3 is 2.84 bits per heavy atom. The van der Waals surface area contributed by atoms with Gasteiger partial charge in [0.1, 0.15) is 31.9 Å². The first-order valence-corrected chi connectivity index (χ1v) is 7.48. The van der Waals surface area contributed by atoms with Gasteiger partial charge in [0.2, 0.25) is 0 Å². The van der Waals surface area contributed by atoms with Crippen molar-refractivity contribution in [2.24, 2.45) is 0 Å². The molecule has 0 spiro atoms. The van der Waals surface area contributed by atoms with Crippen LogP contribution in [0.15, 0.2) is 21.9 Å². The van der Waals surface area contributed by atoms with Crippen molar-refractivity contribution in [3.05, 3.63) is 33.1 Å². The normalized spacial score (nSPS) is 25.8. The molecule has 11 nitrogen and oxygen atoms in total. The van der Waals surface area contributed by atoms with E-state index in [-0.39, 0.29) is 26.6 Å². The number of hydrogen-bond donors (Lipinski definition) is 3. The number of nitrogens with one attached hydrogen (secondary N) is 1. The maximum absolute atomic E-state index is 11.9. The molecule has 2 rings (SSSR count). The van der Waals surface area contributed by atoms with Gasteiger partial charge < -0.3 is 29.2 Å². The third-order valence-electron chi connectivity index (χ3n) is 3.49. The summed E-state index contributed by atoms with van der Waals surface area (Å²) >= 11 is 0. The van der Waals surface area contributed by atoms with Crippen LogP contribution < -0.4 is 11.2 Å². The van der Waals surface area contributed by atoms with Crippen LogP contribution >= 0.6 is 0 Å². The monoisotopic (exact) mass is 357 g/mol. The molecule has 2 heterocycles. The van der Waals surface area contributed by atoms with Crippen molar-refractivity contribution in [2.75, 3.05) is 26.8 Å². The van der Waals surface area contributed by atoms with Gasteiger partial charge in [-0.3, -0.25) is 14.3 Å². The van der Waals surface area contributed by atoms with Gasteiger partial charge in [-0.1, -0.05) is 0 Å². The molecule has 0 amide bonds. The van der Waals surface area contributed by atoms with Crippen LogP contribution in [0.25, 0.3) is 0 Å². The number of aliphatic hydroxyl groups is 2. The predicted molar refractivity (Wildman–Crippen MR) is 80.2 cm³/mol. The minimum absolute atomic E-state index is 0.113. The highest BCUT2D eigenvalue weighted by molar-refractivity contribution is 4.93. The molecule has 138 valence electrons. The molecule has 0 radical (unpaired) electrons. The molecule has 0 aliphatic carbocycles. The van der Waals surface area contributed by atoms with Gasteiger partial charge in [-0.2, -0.15) is 5.26 Å². The van der Waals surface area contributed by atoms with E-state index in [2.05, 4.69) is 4.98 Å². The summed E-state index contributed by atoms with van der Waals surface area (Å²) < 4.78 is 22.0. The van der Waals surface area contributed by atoms with Crippen molar-refractivity contribution in [3.63, 3.8) is 0 Å². The lowest BCUT2D eigenvalue weighted by Gasteiger charge is -2.22. The van der Waals surface area contributed by atoms with Crippen LogP contribution in [0.4, 0.5) is 0 Å². The Morgan fingerprint density at radius 2 is 2.16 bits per heavy atom. The molecule has 4 atom stereocenters. The quantitative estimate of drug-likeness (QED) is 0.337. The van der Waals surface area contributed by atoms with Crippen molar-refractivity contribution in [1.29, 1.82) is 5.26 Å². The minimum Gasteiger partial charge on any atom is -0.394 e. The van der Waals surface area contributed by atoms with Gasteiger partial charge in [-0.15, -0.1) is 0 Å². The lowest BCUT2D eigenvalue weighted by Crippen LogP contribution is -2.39. The summed E-state index contributed by atoms with van der Waals surface area (Å²) in [4.78, 5) is 25.1. The summed E-state index contributed by atoms with van der Waals surface area (Å²) in [6.07, 6.45) is -2.80. The third kappa shape index (κ3) is 4.95. The Labute approximate surface area is 141 Å². The number of hydrogen-bond acceptors (Lipinski definition) is 9. The number of rotatable bonds is 9. The summed E-state index contributed by atoms with van der Waals surface area (Å²) in [6, 6.07) is 3.04. The van der Waals surface area contributed by atoms with Gasteiger partial charge in [0.25, 0.3) is 5.56 Å². The van der Waals surface area contributed by atoms with Crippen LogP contribution in [-0.2, 0) is 18.9 Å². The van der Waals surface area contributed by atoms with Crippen LogP contribution in [0.3, 0.4) is 0 Å². The van der Waals surface area contributed by atoms with E-state index in [1.54, 1.807) is 0 Å². The molecule has 2 unspecified atom stereocenters. The average Bonchev–Trinajstić information content (AvgIpc) is 2.90. The fourth-order valence-corrected chi connectivity index (χ4v) is 2.30. The number of nitrogens with zero attached hydrogens (tertiary/aromatic N) is 2. The zero-order valence-corrected chi connectivity index (χ0v) is 13.2. The van der Waals surface area contributed by atoms with E-state index in [0.717, 1.165) is 10.6 Å². The smallest absolute Gasteiger partial charge is 0.330 e. The maximum atomic E-state index is 11.9. The molecule has 0 aromatic carbocycles. The molecule has 11 heteroatoms. The van der Waals surface area contributed by atoms with E-state index in [1.165, 1.54) is 6.20 Å². The molecule has 0 saturated carbocycles. The highest BCUT2D eigenvalue weighted by Gasteiger charge is 2.45. The van der Waals surface area contributed by atoms with Crippen LogP contribution in [0, 0.1) is 11.3 Å². The average molecular weight is 357 g/mol. The highest BCUT2D eigenvalue weighted by atomic mass is 16.7. The fraction of sp³-hybridized carbons (Fsp3) is 0.643. The fourth-order valence-electron chi connectivity index (χ4n) is 2.30. The van der Waals surface area contributed by atoms with Gasteiger partial charge in [0.05, 0.1) is 25.7 Å². The summed E-state index contributed by atoms with van der Waals surface area (Å²) in [6.45, 7) is -0.649. The molecule has 1 aliphatic rings. The third-order valence-corrected chi connectivity index (χ3v) is 3.49. The molecule has 0 bridgehead atoms. The van der Waals surface area contributed by atoms with Gasteiger partial charge in [-0.25, -0.2) is 4.79 Å². The molecular formula is C14H19N3O8. The number of ether oxygens (including phenoxy) is 4. The highest BCUT2D eigenvalue weighted by Crippen LogP contribution is 2.30. The number of H-pyrrole nitrogens is 1. The number of aliphatic hydroxyl groups excluding tert-OH is 2. The van der Waals surface area contributed by atoms with E-state index < -0.39 is 42.4 Å². The second kappa shape index (κ2) is 9.42. The standard InChI is InChI=1S/C14H19N3O8/c15-3-1-5-22-7-23-8-24-12-11(20)9(6-18)25-13(12)17-4-2-10(19)16-14(17)21/h2,4,9,11-13,18,20H,1,5-8H2,(H,16,19,21)/t9-,11?,12?,13-/m0/s1. The Hall–Kier alpha value is -2.07. The van der Waals surface area contributed by atoms with Crippen molar-refractivity contribution >= 4 is 0 Å². The summed E-state index contributed by atoms with van der Waals surface area (Å²) in [7, 11) is 0. The molecular weight excluding hydrogens is 338 g/mol. The summed E-state index contributed by atoms with van der Waals surface area (Å²) in [5.41, 5.74) is -1.31. The van der Waals surface area contributed by atoms with Crippen molar-refractivity contribution < 1.29 is 29.2 Å². The number of nitriles is 1. The Kier molecular flexibility index (Phi) is 7.26. The molecule has 1 aromatic heterocycles. The van der Waals surface area contributed by atoms with E-state index in [0.29, 0.717) is 0 Å². The predicted octanol–water partition coefficient (Wildman–Crippen LogP) is -1.97. The van der Waals surface area contributed by atoms with Crippen molar-refractivity contribution in [2.45, 2.75) is 31.0 Å². The molecule has 25 heavy (non-hydrogen) atoms. The van der Waals surface area contributed by atoms with Crippen LogP contribution in [-0.4, -0.2) is 64.9 Å². The zero-order chi connectivity index (χ0) is 18.2. The first-order valence-electron chi connectivity index (χ1n) is 7.48. The van der Waals surface area contributed by atoms with Gasteiger partial charge in [-0.05, 0) is 0 Å². The summed E-state index contributed by atoms with van der Waals surface area (Å²) in [5.74, 6) is 0. The topological polar surface area (TPSA) is 156 Å². The molecule has 1 aliphatic heterocycles. The van der Waals surface area contributed by atoms with E-state index in [1.807, 2.05) is 6.07 Å². The lowest BCUT2D eigenvalue weighted by atomic mass is 10.1. The van der Waals surface area contributed by atoms with Gasteiger partial charge >= 0.3 is 5.69 Å². The van der Waals surface area contributed by atoms with Gasteiger partial charge in [0, 0.05) is 12.3 Å². The maximum Gasteiger partial charge on any atom is 0.330 e. The Bertz CT molecular complexity index is 696. The van der Waals surface area contributed by atoms with Crippen LogP contribution in [0.5, 0.6) is 0 Å². The molecule has 1 fully saturated rings. The first-order chi connectivity index (χ1) is 12.1. The summed E-state index contributed by atoms with van der Waals surface area (Å²) in [5, 5.41) is 27.8. The van der Waals surface area contributed by atoms with E-state index in [9.17, 15) is 19.8 Å². The second-order valence-corrected chi connectivity index (χ2v) is 5.14. The molecule has 3 N–H and O–H groups in total. The van der Waals surface area contributed by atoms with Crippen molar-refractivity contribution in [3.8, 4) is 6.07 Å². The number of aromatic nitrogens is 2. The minimum atomic E-state index is -1.21. The molecule has 1 saturated heterocycles. The van der Waals surface area contributed by atoms with Crippen LogP contribution in [0.1, 0.15) is 12.6 Å². The first kappa shape index (κ1) is 19.3. The Balaban J connectivity index is 1.98.